The lowest BCUT2D eigenvalue weighted by atomic mass is 10.1. The molecule has 2 heterocycles. The Balaban J connectivity index is 1.70. The zero-order valence-corrected chi connectivity index (χ0v) is 15.1. The van der Waals surface area contributed by atoms with Crippen molar-refractivity contribution in [3.63, 3.8) is 0 Å². The van der Waals surface area contributed by atoms with E-state index in [1.165, 1.54) is 17.2 Å². The molecule has 1 aromatic carbocycles. The first-order valence-corrected chi connectivity index (χ1v) is 9.42. The number of carbonyl (C=O) groups is 1. The third-order valence-corrected chi connectivity index (χ3v) is 5.26. The largest absolute Gasteiger partial charge is 0.349 e. The molecule has 0 spiro atoms. The smallest absolute Gasteiger partial charge is 0.265 e. The van der Waals surface area contributed by atoms with Gasteiger partial charge in [-0.3, -0.25) is 14.0 Å². The minimum atomic E-state index is -0.225. The Morgan fingerprint density at radius 2 is 1.88 bits per heavy atom. The predicted molar refractivity (Wildman–Crippen MR) is 103 cm³/mol. The Bertz CT molecular complexity index is 1040. The van der Waals surface area contributed by atoms with Crippen LogP contribution in [0.15, 0.2) is 41.3 Å². The fraction of sp³-hybridized carbons (Fsp3) is 0.350. The van der Waals surface area contributed by atoms with Gasteiger partial charge in [-0.05, 0) is 43.2 Å². The van der Waals surface area contributed by atoms with Crippen LogP contribution in [-0.2, 0) is 0 Å². The van der Waals surface area contributed by atoms with E-state index in [1.807, 2.05) is 0 Å². The molecule has 134 valence electrons. The van der Waals surface area contributed by atoms with Crippen molar-refractivity contribution in [3.05, 3.63) is 57.5 Å². The minimum absolute atomic E-state index is 0.142. The number of pyridine rings is 1. The summed E-state index contributed by atoms with van der Waals surface area (Å²) in [5.41, 5.74) is 1.34. The molecular formula is C20H20ClN3O2. The zero-order chi connectivity index (χ0) is 18.1. The van der Waals surface area contributed by atoms with E-state index in [4.69, 9.17) is 11.6 Å². The van der Waals surface area contributed by atoms with Crippen LogP contribution in [-0.4, -0.2) is 21.3 Å². The van der Waals surface area contributed by atoms with Crippen LogP contribution < -0.4 is 10.9 Å². The van der Waals surface area contributed by atoms with Crippen molar-refractivity contribution in [2.45, 2.75) is 44.6 Å². The van der Waals surface area contributed by atoms with Crippen molar-refractivity contribution < 1.29 is 4.79 Å². The summed E-state index contributed by atoms with van der Waals surface area (Å²) in [6, 6.07) is 8.68. The topological polar surface area (TPSA) is 63.5 Å². The number of aromatic nitrogens is 2. The van der Waals surface area contributed by atoms with Gasteiger partial charge in [-0.25, -0.2) is 4.98 Å². The predicted octanol–water partition coefficient (Wildman–Crippen LogP) is 3.95. The Hall–Kier alpha value is -2.40. The molecule has 1 amide bonds. The summed E-state index contributed by atoms with van der Waals surface area (Å²) in [4.78, 5) is 29.9. The number of hydrogen-bond acceptors (Lipinski definition) is 3. The first-order valence-electron chi connectivity index (χ1n) is 9.04. The first kappa shape index (κ1) is 17.0. The Morgan fingerprint density at radius 1 is 1.12 bits per heavy atom. The van der Waals surface area contributed by atoms with Gasteiger partial charge in [0.1, 0.15) is 5.65 Å². The number of fused-ring (bicyclic) bond motifs is 2. The molecule has 2 aromatic heterocycles. The monoisotopic (exact) mass is 369 g/mol. The van der Waals surface area contributed by atoms with Crippen LogP contribution in [0.25, 0.3) is 16.6 Å². The van der Waals surface area contributed by atoms with Crippen molar-refractivity contribution in [3.8, 4) is 0 Å². The normalized spacial score (nSPS) is 15.9. The second-order valence-electron chi connectivity index (χ2n) is 6.89. The molecule has 0 atom stereocenters. The summed E-state index contributed by atoms with van der Waals surface area (Å²) < 4.78 is 1.42. The second kappa shape index (κ2) is 7.08. The lowest BCUT2D eigenvalue weighted by Crippen LogP contribution is -2.34. The standard InChI is InChI=1S/C20H20ClN3O2/c21-14-8-9-17-16(11-14)20(26)24-12-13(7-10-18(24)23-17)19(25)22-15-5-3-1-2-4-6-15/h7-12,15H,1-6H2,(H,22,25). The number of rotatable bonds is 2. The van der Waals surface area contributed by atoms with Gasteiger partial charge < -0.3 is 5.32 Å². The third kappa shape index (κ3) is 3.31. The van der Waals surface area contributed by atoms with Gasteiger partial charge in [0.15, 0.2) is 0 Å². The van der Waals surface area contributed by atoms with E-state index in [-0.39, 0.29) is 17.5 Å². The molecule has 0 bridgehead atoms. The van der Waals surface area contributed by atoms with Gasteiger partial charge in [0.05, 0.1) is 16.5 Å². The van der Waals surface area contributed by atoms with Crippen molar-refractivity contribution in [2.24, 2.45) is 0 Å². The van der Waals surface area contributed by atoms with E-state index >= 15 is 0 Å². The highest BCUT2D eigenvalue weighted by Gasteiger charge is 2.16. The molecule has 1 aliphatic rings. The number of carbonyl (C=O) groups excluding carboxylic acids is 1. The average molecular weight is 370 g/mol. The highest BCUT2D eigenvalue weighted by Crippen LogP contribution is 2.18. The summed E-state index contributed by atoms with van der Waals surface area (Å²) in [5.74, 6) is -0.142. The van der Waals surface area contributed by atoms with Gasteiger partial charge in [-0.1, -0.05) is 37.3 Å². The van der Waals surface area contributed by atoms with Gasteiger partial charge in [-0.2, -0.15) is 0 Å². The van der Waals surface area contributed by atoms with Crippen LogP contribution in [0.3, 0.4) is 0 Å². The van der Waals surface area contributed by atoms with Crippen LogP contribution >= 0.6 is 11.6 Å². The fourth-order valence-electron chi connectivity index (χ4n) is 3.60. The Morgan fingerprint density at radius 3 is 2.65 bits per heavy atom. The third-order valence-electron chi connectivity index (χ3n) is 5.02. The number of nitrogens with one attached hydrogen (secondary N) is 1. The number of nitrogens with zero attached hydrogens (tertiary/aromatic N) is 2. The second-order valence-corrected chi connectivity index (χ2v) is 7.32. The van der Waals surface area contributed by atoms with E-state index in [9.17, 15) is 9.59 Å². The van der Waals surface area contributed by atoms with E-state index in [0.29, 0.717) is 27.1 Å². The highest BCUT2D eigenvalue weighted by molar-refractivity contribution is 6.31. The summed E-state index contributed by atoms with van der Waals surface area (Å²) >= 11 is 6.01. The number of halogens is 1. The molecule has 1 saturated carbocycles. The maximum atomic E-state index is 12.8. The van der Waals surface area contributed by atoms with Crippen molar-refractivity contribution in [1.29, 1.82) is 0 Å². The molecule has 1 N–H and O–H groups in total. The lowest BCUT2D eigenvalue weighted by Gasteiger charge is -2.16. The van der Waals surface area contributed by atoms with Gasteiger partial charge in [-0.15, -0.1) is 0 Å². The van der Waals surface area contributed by atoms with E-state index in [0.717, 1.165) is 25.7 Å². The van der Waals surface area contributed by atoms with Crippen molar-refractivity contribution in [2.75, 3.05) is 0 Å². The quantitative estimate of drug-likeness (QED) is 0.549. The molecule has 1 aliphatic carbocycles. The molecule has 0 aliphatic heterocycles. The van der Waals surface area contributed by atoms with Gasteiger partial charge in [0.2, 0.25) is 0 Å². The number of benzene rings is 1. The lowest BCUT2D eigenvalue weighted by molar-refractivity contribution is 0.0933. The van der Waals surface area contributed by atoms with E-state index in [1.54, 1.807) is 36.5 Å². The Labute approximate surface area is 156 Å². The van der Waals surface area contributed by atoms with Crippen molar-refractivity contribution in [1.82, 2.24) is 14.7 Å². The number of hydrogen-bond donors (Lipinski definition) is 1. The van der Waals surface area contributed by atoms with Gasteiger partial charge >= 0.3 is 0 Å². The maximum Gasteiger partial charge on any atom is 0.265 e. The van der Waals surface area contributed by atoms with Crippen LogP contribution in [0.2, 0.25) is 5.02 Å². The SMILES string of the molecule is O=C(NC1CCCCCC1)c1ccc2nc3ccc(Cl)cc3c(=O)n2c1. The molecular weight excluding hydrogens is 350 g/mol. The van der Waals surface area contributed by atoms with Gasteiger partial charge in [0.25, 0.3) is 11.5 Å². The fourth-order valence-corrected chi connectivity index (χ4v) is 3.78. The molecule has 0 saturated heterocycles. The minimum Gasteiger partial charge on any atom is -0.349 e. The molecule has 4 rings (SSSR count). The average Bonchev–Trinajstić information content (AvgIpc) is 2.91. The van der Waals surface area contributed by atoms with Crippen LogP contribution in [0, 0.1) is 0 Å². The molecule has 3 aromatic rings. The zero-order valence-electron chi connectivity index (χ0n) is 14.4. The summed E-state index contributed by atoms with van der Waals surface area (Å²) in [7, 11) is 0. The first-order chi connectivity index (χ1) is 12.6. The molecule has 1 fully saturated rings. The number of amides is 1. The summed E-state index contributed by atoms with van der Waals surface area (Å²) in [5, 5.41) is 4.04. The van der Waals surface area contributed by atoms with Crippen LogP contribution in [0.5, 0.6) is 0 Å². The molecule has 26 heavy (non-hydrogen) atoms. The van der Waals surface area contributed by atoms with E-state index < -0.39 is 0 Å². The summed E-state index contributed by atoms with van der Waals surface area (Å²) in [6.45, 7) is 0. The molecule has 0 radical (unpaired) electrons. The van der Waals surface area contributed by atoms with E-state index in [2.05, 4.69) is 10.3 Å². The highest BCUT2D eigenvalue weighted by atomic mass is 35.5. The van der Waals surface area contributed by atoms with Crippen LogP contribution in [0.4, 0.5) is 0 Å². The van der Waals surface area contributed by atoms with Crippen molar-refractivity contribution >= 4 is 34.1 Å². The molecule has 6 heteroatoms. The molecule has 0 unspecified atom stereocenters. The molecule has 5 nitrogen and oxygen atoms in total. The summed E-state index contributed by atoms with van der Waals surface area (Å²) in [6.07, 6.45) is 8.38. The Kier molecular flexibility index (Phi) is 4.64. The van der Waals surface area contributed by atoms with Gasteiger partial charge in [0, 0.05) is 17.3 Å². The maximum absolute atomic E-state index is 12.8. The van der Waals surface area contributed by atoms with Crippen LogP contribution in [0.1, 0.15) is 48.9 Å².